The van der Waals surface area contributed by atoms with Crippen molar-refractivity contribution in [3.63, 3.8) is 0 Å². The van der Waals surface area contributed by atoms with Crippen LogP contribution < -0.4 is 5.32 Å². The molecule has 1 fully saturated rings. The molecule has 0 radical (unpaired) electrons. The molecule has 25 heavy (non-hydrogen) atoms. The maximum absolute atomic E-state index is 12.4. The lowest BCUT2D eigenvalue weighted by molar-refractivity contribution is -0.0707. The smallest absolute Gasteiger partial charge is 0.259 e. The van der Waals surface area contributed by atoms with Gasteiger partial charge in [0, 0.05) is 25.0 Å². The topological polar surface area (TPSA) is 54.5 Å². The summed E-state index contributed by atoms with van der Waals surface area (Å²) in [6.45, 7) is 6.64. The van der Waals surface area contributed by atoms with Crippen molar-refractivity contribution in [2.75, 3.05) is 18.4 Å². The van der Waals surface area contributed by atoms with Crippen molar-refractivity contribution < 1.29 is 9.53 Å². The van der Waals surface area contributed by atoms with Crippen LogP contribution in [0.4, 0.5) is 5.13 Å². The van der Waals surface area contributed by atoms with E-state index >= 15 is 0 Å². The molecule has 1 aromatic heterocycles. The summed E-state index contributed by atoms with van der Waals surface area (Å²) in [7, 11) is 0. The second kappa shape index (κ2) is 8.01. The van der Waals surface area contributed by atoms with Crippen LogP contribution in [0.25, 0.3) is 0 Å². The first kappa shape index (κ1) is 18.6. The van der Waals surface area contributed by atoms with Crippen molar-refractivity contribution in [3.05, 3.63) is 44.9 Å². The first-order valence-corrected chi connectivity index (χ1v) is 9.63. The van der Waals surface area contributed by atoms with Gasteiger partial charge in [-0.15, -0.1) is 11.3 Å². The van der Waals surface area contributed by atoms with E-state index in [9.17, 15) is 4.79 Å². The number of carbonyl (C=O) groups is 1. The van der Waals surface area contributed by atoms with Crippen molar-refractivity contribution in [1.29, 1.82) is 0 Å². The fourth-order valence-electron chi connectivity index (χ4n) is 2.92. The number of anilines is 1. The Balaban J connectivity index is 1.63. The maximum atomic E-state index is 12.4. The molecule has 1 aromatic carbocycles. The number of hydrogen-bond acceptors (Lipinski definition) is 5. The molecule has 134 valence electrons. The van der Waals surface area contributed by atoms with Crippen LogP contribution in [-0.4, -0.2) is 41.1 Å². The first-order chi connectivity index (χ1) is 11.9. The lowest BCUT2D eigenvalue weighted by atomic mass is 10.2. The Morgan fingerprint density at radius 1 is 1.36 bits per heavy atom. The summed E-state index contributed by atoms with van der Waals surface area (Å²) in [6, 6.07) is 4.97. The van der Waals surface area contributed by atoms with Gasteiger partial charge in [-0.25, -0.2) is 4.98 Å². The minimum Gasteiger partial charge on any atom is -0.373 e. The Hall–Kier alpha value is -1.18. The minimum absolute atomic E-state index is 0.214. The Morgan fingerprint density at radius 3 is 2.80 bits per heavy atom. The molecule has 2 heterocycles. The molecule has 0 saturated carbocycles. The van der Waals surface area contributed by atoms with Crippen molar-refractivity contribution >= 4 is 45.6 Å². The first-order valence-electron chi connectivity index (χ1n) is 8.00. The molecule has 0 unspecified atom stereocenters. The van der Waals surface area contributed by atoms with E-state index in [1.807, 2.05) is 5.38 Å². The van der Waals surface area contributed by atoms with Gasteiger partial charge in [-0.05, 0) is 26.0 Å². The van der Waals surface area contributed by atoms with Gasteiger partial charge in [-0.3, -0.25) is 15.0 Å². The average Bonchev–Trinajstić information content (AvgIpc) is 2.95. The van der Waals surface area contributed by atoms with Gasteiger partial charge in [0.2, 0.25) is 0 Å². The van der Waals surface area contributed by atoms with Crippen LogP contribution in [0.1, 0.15) is 29.9 Å². The summed E-state index contributed by atoms with van der Waals surface area (Å²) in [5.74, 6) is -0.318. The van der Waals surface area contributed by atoms with Gasteiger partial charge in [-0.2, -0.15) is 0 Å². The van der Waals surface area contributed by atoms with E-state index in [-0.39, 0.29) is 23.1 Å². The number of rotatable bonds is 4. The summed E-state index contributed by atoms with van der Waals surface area (Å²) in [5.41, 5.74) is 1.26. The van der Waals surface area contributed by atoms with Crippen LogP contribution in [0.2, 0.25) is 10.0 Å². The molecular weight excluding hydrogens is 381 g/mol. The number of thiazole rings is 1. The Kier molecular flexibility index (Phi) is 5.96. The molecule has 2 aromatic rings. The molecule has 8 heteroatoms. The number of nitrogens with zero attached hydrogens (tertiary/aromatic N) is 2. The standard InChI is InChI=1S/C17H19Cl2N3O2S/c1-10-6-22(7-11(2)24-10)8-12-9-25-17(20-12)21-16(23)13-4-3-5-14(18)15(13)19/h3-5,9-11H,6-8H2,1-2H3,(H,20,21,23)/t10-,11+. The Bertz CT molecular complexity index is 758. The van der Waals surface area contributed by atoms with Crippen LogP contribution in [0.3, 0.4) is 0 Å². The highest BCUT2D eigenvalue weighted by atomic mass is 35.5. The minimum atomic E-state index is -0.318. The van der Waals surface area contributed by atoms with Crippen LogP contribution in [0, 0.1) is 0 Å². The van der Waals surface area contributed by atoms with E-state index in [1.165, 1.54) is 11.3 Å². The molecule has 1 N–H and O–H groups in total. The van der Waals surface area contributed by atoms with E-state index in [1.54, 1.807) is 18.2 Å². The lowest BCUT2D eigenvalue weighted by Gasteiger charge is -2.34. The average molecular weight is 400 g/mol. The second-order valence-electron chi connectivity index (χ2n) is 6.15. The highest BCUT2D eigenvalue weighted by Crippen LogP contribution is 2.27. The maximum Gasteiger partial charge on any atom is 0.259 e. The number of hydrogen-bond donors (Lipinski definition) is 1. The van der Waals surface area contributed by atoms with Crippen LogP contribution >= 0.6 is 34.5 Å². The fourth-order valence-corrected chi connectivity index (χ4v) is 4.01. The van der Waals surface area contributed by atoms with E-state index in [2.05, 4.69) is 29.0 Å². The summed E-state index contributed by atoms with van der Waals surface area (Å²) >= 11 is 13.4. The van der Waals surface area contributed by atoms with Gasteiger partial charge >= 0.3 is 0 Å². The highest BCUT2D eigenvalue weighted by molar-refractivity contribution is 7.14. The lowest BCUT2D eigenvalue weighted by Crippen LogP contribution is -2.44. The van der Waals surface area contributed by atoms with Crippen molar-refractivity contribution in [2.45, 2.75) is 32.6 Å². The molecule has 5 nitrogen and oxygen atoms in total. The number of morpholine rings is 1. The van der Waals surface area contributed by atoms with Gasteiger partial charge in [0.15, 0.2) is 5.13 Å². The van der Waals surface area contributed by atoms with E-state index in [0.717, 1.165) is 25.3 Å². The van der Waals surface area contributed by atoms with Crippen LogP contribution in [-0.2, 0) is 11.3 Å². The Labute approximate surface area is 160 Å². The predicted octanol–water partition coefficient (Wildman–Crippen LogP) is 4.31. The van der Waals surface area contributed by atoms with Gasteiger partial charge in [0.1, 0.15) is 0 Å². The normalized spacial score (nSPS) is 21.3. The van der Waals surface area contributed by atoms with E-state index < -0.39 is 0 Å². The van der Waals surface area contributed by atoms with Gasteiger partial charge in [0.25, 0.3) is 5.91 Å². The number of benzene rings is 1. The summed E-state index contributed by atoms with van der Waals surface area (Å²) in [5, 5.41) is 5.89. The number of nitrogens with one attached hydrogen (secondary N) is 1. The molecular formula is C17H19Cl2N3O2S. The summed E-state index contributed by atoms with van der Waals surface area (Å²) < 4.78 is 5.74. The largest absolute Gasteiger partial charge is 0.373 e. The van der Waals surface area contributed by atoms with Crippen molar-refractivity contribution in [3.8, 4) is 0 Å². The molecule has 0 spiro atoms. The third-order valence-electron chi connectivity index (χ3n) is 3.85. The monoisotopic (exact) mass is 399 g/mol. The van der Waals surface area contributed by atoms with Crippen LogP contribution in [0.15, 0.2) is 23.6 Å². The number of aromatic nitrogens is 1. The third-order valence-corrected chi connectivity index (χ3v) is 5.47. The third kappa shape index (κ3) is 4.71. The zero-order valence-corrected chi connectivity index (χ0v) is 16.3. The number of ether oxygens (including phenoxy) is 1. The molecule has 0 aliphatic carbocycles. The zero-order valence-electron chi connectivity index (χ0n) is 14.0. The van der Waals surface area contributed by atoms with E-state index in [4.69, 9.17) is 27.9 Å². The van der Waals surface area contributed by atoms with Gasteiger partial charge in [0.05, 0.1) is 33.5 Å². The van der Waals surface area contributed by atoms with Crippen molar-refractivity contribution in [2.24, 2.45) is 0 Å². The fraction of sp³-hybridized carbons (Fsp3) is 0.412. The van der Waals surface area contributed by atoms with Crippen molar-refractivity contribution in [1.82, 2.24) is 9.88 Å². The SMILES string of the molecule is C[C@@H]1CN(Cc2csc(NC(=O)c3cccc(Cl)c3Cl)n2)C[C@H](C)O1. The molecule has 1 aliphatic heterocycles. The molecule has 1 amide bonds. The quantitative estimate of drug-likeness (QED) is 0.831. The number of amides is 1. The summed E-state index contributed by atoms with van der Waals surface area (Å²) in [4.78, 5) is 19.2. The second-order valence-corrected chi connectivity index (χ2v) is 7.79. The summed E-state index contributed by atoms with van der Waals surface area (Å²) in [6.07, 6.45) is 0.429. The van der Waals surface area contributed by atoms with E-state index in [0.29, 0.717) is 15.7 Å². The molecule has 0 bridgehead atoms. The number of halogens is 2. The number of carbonyl (C=O) groups excluding carboxylic acids is 1. The molecule has 2 atom stereocenters. The zero-order chi connectivity index (χ0) is 18.0. The molecule has 3 rings (SSSR count). The molecule has 1 aliphatic rings. The molecule has 1 saturated heterocycles. The predicted molar refractivity (Wildman–Crippen MR) is 102 cm³/mol. The van der Waals surface area contributed by atoms with Gasteiger partial charge in [-0.1, -0.05) is 29.3 Å². The van der Waals surface area contributed by atoms with Gasteiger partial charge < -0.3 is 4.74 Å². The highest BCUT2D eigenvalue weighted by Gasteiger charge is 2.23. The Morgan fingerprint density at radius 2 is 2.08 bits per heavy atom. The van der Waals surface area contributed by atoms with Crippen LogP contribution in [0.5, 0.6) is 0 Å².